The summed E-state index contributed by atoms with van der Waals surface area (Å²) in [6, 6.07) is 0. The van der Waals surface area contributed by atoms with Crippen LogP contribution < -0.4 is 0 Å². The van der Waals surface area contributed by atoms with Gasteiger partial charge in [0.05, 0.1) is 0 Å². The standard InChI is InChI=1S/C9H12/c1-4-7-9(6-3)8-5-2/h4-8H,1,3H2,2H3/b8-5-,9-7+. The van der Waals surface area contributed by atoms with Gasteiger partial charge in [-0.1, -0.05) is 43.5 Å². The molecule has 0 amide bonds. The van der Waals surface area contributed by atoms with Crippen molar-refractivity contribution in [2.24, 2.45) is 0 Å². The minimum Gasteiger partial charge on any atom is -0.0990 e. The first-order chi connectivity index (χ1) is 4.35. The van der Waals surface area contributed by atoms with Crippen LogP contribution in [0.2, 0.25) is 0 Å². The molecule has 0 bridgehead atoms. The molecule has 0 rings (SSSR count). The molecule has 0 saturated heterocycles. The molecule has 0 aliphatic carbocycles. The zero-order chi connectivity index (χ0) is 7.11. The Hall–Kier alpha value is -1.04. The molecular weight excluding hydrogens is 108 g/mol. The largest absolute Gasteiger partial charge is 0.0990 e. The van der Waals surface area contributed by atoms with Crippen molar-refractivity contribution >= 4 is 0 Å². The van der Waals surface area contributed by atoms with Crippen molar-refractivity contribution in [3.63, 3.8) is 0 Å². The highest BCUT2D eigenvalue weighted by Crippen LogP contribution is 1.96. The maximum absolute atomic E-state index is 3.63. The van der Waals surface area contributed by atoms with E-state index >= 15 is 0 Å². The summed E-state index contributed by atoms with van der Waals surface area (Å²) in [5, 5.41) is 0. The lowest BCUT2D eigenvalue weighted by Crippen LogP contribution is -1.65. The second-order valence-electron chi connectivity index (χ2n) is 1.61. The van der Waals surface area contributed by atoms with Crippen LogP contribution in [0, 0.1) is 0 Å². The highest BCUT2D eigenvalue weighted by atomic mass is 13.8. The van der Waals surface area contributed by atoms with Crippen molar-refractivity contribution < 1.29 is 0 Å². The fourth-order valence-corrected chi connectivity index (χ4v) is 0.520. The molecular formula is C9H12. The van der Waals surface area contributed by atoms with Crippen LogP contribution in [0.3, 0.4) is 0 Å². The SMILES string of the molecule is C=C/C=C(C=C)/C=C\C. The Labute approximate surface area is 56.9 Å². The second-order valence-corrected chi connectivity index (χ2v) is 1.61. The third kappa shape index (κ3) is 3.53. The number of hydrogen-bond acceptors (Lipinski definition) is 0. The molecule has 0 fully saturated rings. The van der Waals surface area contributed by atoms with Gasteiger partial charge in [0.1, 0.15) is 0 Å². The van der Waals surface area contributed by atoms with E-state index in [1.54, 1.807) is 12.2 Å². The predicted octanol–water partition coefficient (Wildman–Crippen LogP) is 2.86. The first-order valence-corrected chi connectivity index (χ1v) is 2.93. The molecule has 0 aromatic carbocycles. The Morgan fingerprint density at radius 2 is 2.00 bits per heavy atom. The van der Waals surface area contributed by atoms with Gasteiger partial charge in [0, 0.05) is 0 Å². The summed E-state index contributed by atoms with van der Waals surface area (Å²) in [6.45, 7) is 9.18. The van der Waals surface area contributed by atoms with E-state index in [9.17, 15) is 0 Å². The number of hydrogen-bond donors (Lipinski definition) is 0. The highest BCUT2D eigenvalue weighted by Gasteiger charge is 1.76. The van der Waals surface area contributed by atoms with E-state index in [0.29, 0.717) is 0 Å². The Morgan fingerprint density at radius 1 is 1.33 bits per heavy atom. The topological polar surface area (TPSA) is 0 Å². The van der Waals surface area contributed by atoms with Crippen molar-refractivity contribution in [2.45, 2.75) is 6.92 Å². The number of allylic oxidation sites excluding steroid dienone is 6. The molecule has 0 heteroatoms. The van der Waals surface area contributed by atoms with Crippen LogP contribution in [-0.2, 0) is 0 Å². The summed E-state index contributed by atoms with van der Waals surface area (Å²) in [6.07, 6.45) is 9.40. The fourth-order valence-electron chi connectivity index (χ4n) is 0.520. The summed E-state index contributed by atoms with van der Waals surface area (Å²) in [5.74, 6) is 0. The summed E-state index contributed by atoms with van der Waals surface area (Å²) in [5.41, 5.74) is 1.09. The van der Waals surface area contributed by atoms with Crippen LogP contribution in [0.1, 0.15) is 6.92 Å². The molecule has 0 saturated carbocycles. The zero-order valence-corrected chi connectivity index (χ0v) is 5.80. The molecule has 0 nitrogen and oxygen atoms in total. The second kappa shape index (κ2) is 5.10. The molecule has 0 aliphatic rings. The summed E-state index contributed by atoms with van der Waals surface area (Å²) in [7, 11) is 0. The molecule has 0 unspecified atom stereocenters. The third-order valence-electron chi connectivity index (χ3n) is 0.905. The van der Waals surface area contributed by atoms with E-state index in [0.717, 1.165) is 5.57 Å². The highest BCUT2D eigenvalue weighted by molar-refractivity contribution is 5.31. The van der Waals surface area contributed by atoms with Crippen LogP contribution >= 0.6 is 0 Å². The van der Waals surface area contributed by atoms with Crippen LogP contribution in [-0.4, -0.2) is 0 Å². The fraction of sp³-hybridized carbons (Fsp3) is 0.111. The maximum Gasteiger partial charge on any atom is -0.0266 e. The Balaban J connectivity index is 4.13. The molecule has 9 heavy (non-hydrogen) atoms. The molecule has 48 valence electrons. The Morgan fingerprint density at radius 3 is 2.33 bits per heavy atom. The first kappa shape index (κ1) is 7.96. The van der Waals surface area contributed by atoms with Crippen molar-refractivity contribution in [3.05, 3.63) is 49.1 Å². The van der Waals surface area contributed by atoms with Crippen LogP contribution in [0.25, 0.3) is 0 Å². The van der Waals surface area contributed by atoms with Crippen molar-refractivity contribution in [2.75, 3.05) is 0 Å². The summed E-state index contributed by atoms with van der Waals surface area (Å²) in [4.78, 5) is 0. The van der Waals surface area contributed by atoms with Gasteiger partial charge in [-0.25, -0.2) is 0 Å². The normalized spacial score (nSPS) is 11.9. The van der Waals surface area contributed by atoms with E-state index < -0.39 is 0 Å². The van der Waals surface area contributed by atoms with Crippen LogP contribution in [0.4, 0.5) is 0 Å². The Kier molecular flexibility index (Phi) is 4.51. The molecule has 0 aromatic heterocycles. The Bertz CT molecular complexity index is 147. The van der Waals surface area contributed by atoms with Crippen LogP contribution in [0.5, 0.6) is 0 Å². The third-order valence-corrected chi connectivity index (χ3v) is 0.905. The van der Waals surface area contributed by atoms with Crippen molar-refractivity contribution in [1.82, 2.24) is 0 Å². The van der Waals surface area contributed by atoms with Gasteiger partial charge < -0.3 is 0 Å². The smallest absolute Gasteiger partial charge is 0.0266 e. The van der Waals surface area contributed by atoms with Gasteiger partial charge in [0.15, 0.2) is 0 Å². The summed E-state index contributed by atoms with van der Waals surface area (Å²) >= 11 is 0. The molecule has 0 radical (unpaired) electrons. The van der Waals surface area contributed by atoms with E-state index in [4.69, 9.17) is 0 Å². The van der Waals surface area contributed by atoms with Gasteiger partial charge in [0.2, 0.25) is 0 Å². The van der Waals surface area contributed by atoms with Gasteiger partial charge in [-0.3, -0.25) is 0 Å². The monoisotopic (exact) mass is 120 g/mol. The van der Waals surface area contributed by atoms with Crippen molar-refractivity contribution in [1.29, 1.82) is 0 Å². The first-order valence-electron chi connectivity index (χ1n) is 2.93. The van der Waals surface area contributed by atoms with E-state index in [-0.39, 0.29) is 0 Å². The number of rotatable bonds is 3. The minimum absolute atomic E-state index is 1.09. The van der Waals surface area contributed by atoms with E-state index in [1.165, 1.54) is 0 Å². The van der Waals surface area contributed by atoms with Crippen molar-refractivity contribution in [3.8, 4) is 0 Å². The molecule has 0 heterocycles. The predicted molar refractivity (Wildman–Crippen MR) is 43.3 cm³/mol. The molecule has 0 aliphatic heterocycles. The average molecular weight is 120 g/mol. The lowest BCUT2D eigenvalue weighted by atomic mass is 10.2. The zero-order valence-electron chi connectivity index (χ0n) is 5.80. The van der Waals surface area contributed by atoms with Gasteiger partial charge >= 0.3 is 0 Å². The van der Waals surface area contributed by atoms with Gasteiger partial charge in [-0.2, -0.15) is 0 Å². The van der Waals surface area contributed by atoms with Gasteiger partial charge in [-0.15, -0.1) is 0 Å². The van der Waals surface area contributed by atoms with E-state index in [2.05, 4.69) is 13.2 Å². The quantitative estimate of drug-likeness (QED) is 0.502. The average Bonchev–Trinajstić information content (AvgIpc) is 1.88. The molecule has 0 spiro atoms. The maximum atomic E-state index is 3.63. The molecule has 0 N–H and O–H groups in total. The molecule has 0 aromatic rings. The molecule has 0 atom stereocenters. The minimum atomic E-state index is 1.09. The van der Waals surface area contributed by atoms with Crippen LogP contribution in [0.15, 0.2) is 49.1 Å². The lowest BCUT2D eigenvalue weighted by molar-refractivity contribution is 1.64. The lowest BCUT2D eigenvalue weighted by Gasteiger charge is -1.85. The van der Waals surface area contributed by atoms with E-state index in [1.807, 2.05) is 25.2 Å². The van der Waals surface area contributed by atoms with Gasteiger partial charge in [-0.05, 0) is 12.5 Å². The summed E-state index contributed by atoms with van der Waals surface area (Å²) < 4.78 is 0. The van der Waals surface area contributed by atoms with Gasteiger partial charge in [0.25, 0.3) is 0 Å².